The number of nitrogens with two attached hydrogens (primary N) is 1. The third kappa shape index (κ3) is 11.8. The Morgan fingerprint density at radius 1 is 1.07 bits per heavy atom. The number of thioether (sulfide) groups is 1. The minimum absolute atomic E-state index is 0.0421. The Kier molecular flexibility index (Phi) is 15.7. The van der Waals surface area contributed by atoms with E-state index in [4.69, 9.17) is 30.2 Å². The molecule has 20 nitrogen and oxygen atoms in total. The molecule has 298 valence electrons. The fourth-order valence-corrected chi connectivity index (χ4v) is 6.44. The van der Waals surface area contributed by atoms with Gasteiger partial charge in [0.1, 0.15) is 25.2 Å². The fraction of sp³-hybridized carbons (Fsp3) is 0.441. The molecule has 2 aromatic rings. The predicted octanol–water partition coefficient (Wildman–Crippen LogP) is 1.40. The fourth-order valence-electron chi connectivity index (χ4n) is 5.27. The smallest absolute Gasteiger partial charge is 0.410 e. The van der Waals surface area contributed by atoms with Gasteiger partial charge in [-0.15, -0.1) is 11.8 Å². The number of carboxylic acid groups (broad SMARTS) is 2. The van der Waals surface area contributed by atoms with Gasteiger partial charge < -0.3 is 45.7 Å². The van der Waals surface area contributed by atoms with Crippen LogP contribution >= 0.6 is 11.8 Å². The van der Waals surface area contributed by atoms with Gasteiger partial charge in [0.25, 0.3) is 5.69 Å². The van der Waals surface area contributed by atoms with Crippen molar-refractivity contribution < 1.29 is 62.9 Å². The number of nitro groups is 1. The molecule has 5 amide bonds. The lowest BCUT2D eigenvalue weighted by molar-refractivity contribution is -0.385. The molecule has 0 aliphatic carbocycles. The van der Waals surface area contributed by atoms with E-state index in [1.54, 1.807) is 32.0 Å². The van der Waals surface area contributed by atoms with Crippen molar-refractivity contribution in [3.8, 4) is 11.5 Å². The highest BCUT2D eigenvalue weighted by Gasteiger charge is 2.41. The molecule has 1 fully saturated rings. The van der Waals surface area contributed by atoms with E-state index in [1.807, 2.05) is 0 Å². The second-order valence-corrected chi connectivity index (χ2v) is 13.5. The molecule has 21 heteroatoms. The molecule has 0 bridgehead atoms. The number of carbonyl (C=O) groups excluding carboxylic acids is 5. The summed E-state index contributed by atoms with van der Waals surface area (Å²) >= 11 is 0.875. The second kappa shape index (κ2) is 19.9. The third-order valence-electron chi connectivity index (χ3n) is 8.20. The van der Waals surface area contributed by atoms with Crippen molar-refractivity contribution in [1.82, 2.24) is 15.5 Å². The number of rotatable bonds is 20. The van der Waals surface area contributed by atoms with Crippen LogP contribution in [0.1, 0.15) is 44.2 Å². The molecular weight excluding hydrogens is 748 g/mol. The molecular formula is C34H42N6O14S. The zero-order valence-corrected chi connectivity index (χ0v) is 31.2. The Labute approximate surface area is 318 Å². The average Bonchev–Trinajstić information content (AvgIpc) is 3.43. The van der Waals surface area contributed by atoms with Gasteiger partial charge in [-0.2, -0.15) is 0 Å². The van der Waals surface area contributed by atoms with Crippen LogP contribution in [-0.2, 0) is 46.7 Å². The highest BCUT2D eigenvalue weighted by molar-refractivity contribution is 8.00. The monoisotopic (exact) mass is 790 g/mol. The van der Waals surface area contributed by atoms with E-state index in [0.717, 1.165) is 22.7 Å². The maximum Gasteiger partial charge on any atom is 0.410 e. The summed E-state index contributed by atoms with van der Waals surface area (Å²) in [4.78, 5) is 101. The average molecular weight is 791 g/mol. The molecule has 1 aliphatic heterocycles. The number of carbonyl (C=O) groups is 7. The molecule has 0 aromatic heterocycles. The van der Waals surface area contributed by atoms with E-state index in [-0.39, 0.29) is 60.0 Å². The maximum absolute atomic E-state index is 13.7. The topological polar surface area (TPSA) is 287 Å². The van der Waals surface area contributed by atoms with Crippen LogP contribution in [0, 0.1) is 10.1 Å². The normalized spacial score (nSPS) is 14.9. The molecule has 2 aromatic carbocycles. The highest BCUT2D eigenvalue weighted by Crippen LogP contribution is 2.36. The van der Waals surface area contributed by atoms with Gasteiger partial charge in [0.2, 0.25) is 23.6 Å². The Morgan fingerprint density at radius 2 is 1.73 bits per heavy atom. The van der Waals surface area contributed by atoms with Crippen molar-refractivity contribution in [2.24, 2.45) is 5.73 Å². The highest BCUT2D eigenvalue weighted by atomic mass is 32.2. The van der Waals surface area contributed by atoms with Gasteiger partial charge >= 0.3 is 18.0 Å². The van der Waals surface area contributed by atoms with Crippen molar-refractivity contribution in [2.45, 2.75) is 69.6 Å². The van der Waals surface area contributed by atoms with E-state index in [0.29, 0.717) is 5.56 Å². The van der Waals surface area contributed by atoms with Crippen molar-refractivity contribution in [3.05, 3.63) is 57.6 Å². The first-order valence-electron chi connectivity index (χ1n) is 16.6. The van der Waals surface area contributed by atoms with Crippen LogP contribution in [-0.4, -0.2) is 112 Å². The van der Waals surface area contributed by atoms with Crippen LogP contribution in [0.2, 0.25) is 0 Å². The summed E-state index contributed by atoms with van der Waals surface area (Å²) in [5.74, 6) is -5.50. The minimum Gasteiger partial charge on any atom is -0.493 e. The molecule has 1 saturated heterocycles. The van der Waals surface area contributed by atoms with Crippen LogP contribution in [0.15, 0.2) is 36.4 Å². The molecule has 0 saturated carbocycles. The number of anilines is 1. The lowest BCUT2D eigenvalue weighted by atomic mass is 10.1. The molecule has 1 heterocycles. The van der Waals surface area contributed by atoms with Crippen LogP contribution in [0.3, 0.4) is 0 Å². The van der Waals surface area contributed by atoms with Gasteiger partial charge in [-0.1, -0.05) is 18.2 Å². The number of methoxy groups -OCH3 is 2. The first-order chi connectivity index (χ1) is 26.0. The zero-order valence-electron chi connectivity index (χ0n) is 30.3. The molecule has 0 radical (unpaired) electrons. The number of ether oxygens (including phenoxy) is 3. The molecule has 0 spiro atoms. The minimum atomic E-state index is -1.35. The lowest BCUT2D eigenvalue weighted by Crippen LogP contribution is -2.50. The molecule has 3 rings (SSSR count). The predicted molar refractivity (Wildman–Crippen MR) is 194 cm³/mol. The summed E-state index contributed by atoms with van der Waals surface area (Å²) in [6.45, 7) is 2.00. The Bertz CT molecular complexity index is 1810. The Balaban J connectivity index is 1.77. The summed E-state index contributed by atoms with van der Waals surface area (Å²) in [6, 6.07) is 5.66. The van der Waals surface area contributed by atoms with Gasteiger partial charge in [-0.25, -0.2) is 9.69 Å². The summed E-state index contributed by atoms with van der Waals surface area (Å²) in [6.07, 6.45) is -1.74. The quantitative estimate of drug-likeness (QED) is 0.0720. The number of amides is 5. The maximum atomic E-state index is 13.7. The lowest BCUT2D eigenvalue weighted by Gasteiger charge is -2.28. The van der Waals surface area contributed by atoms with Gasteiger partial charge in [0, 0.05) is 24.6 Å². The van der Waals surface area contributed by atoms with E-state index < -0.39 is 83.1 Å². The SMILES string of the molecule is COc1cc(COC(=O)N(Cc2ccccc2N2C(=O)CC(SC[C@H](NC(=O)CC[C@H](N)C(=O)O)C(=O)NCC(=O)O)C2=O)C(C)C)c([N+](=O)[O-])cc1OC. The van der Waals surface area contributed by atoms with Gasteiger partial charge in [-0.3, -0.25) is 38.9 Å². The molecule has 55 heavy (non-hydrogen) atoms. The largest absolute Gasteiger partial charge is 0.493 e. The standard InChI is InChI=1S/C34H42N6O14S/c1-18(2)38(34(49)54-16-20-11-25(52-3)26(53-4)12-24(20)40(50)51)15-19-7-5-6-8-23(19)39-29(42)13-27(32(39)46)55-17-22(31(45)36-14-30(43)44)37-28(41)10-9-21(35)33(47)48/h5-8,11-12,18,21-22,27H,9-10,13-17,35H2,1-4H3,(H,36,45)(H,37,41)(H,43,44)(H,47,48)/t21-,22-,27?/m0/s1. The van der Waals surface area contributed by atoms with Crippen LogP contribution in [0.5, 0.6) is 11.5 Å². The molecule has 1 unspecified atom stereocenters. The molecule has 6 N–H and O–H groups in total. The number of aliphatic carboxylic acids is 2. The third-order valence-corrected chi connectivity index (χ3v) is 9.49. The van der Waals surface area contributed by atoms with Crippen molar-refractivity contribution in [2.75, 3.05) is 31.4 Å². The summed E-state index contributed by atoms with van der Waals surface area (Å²) in [5, 5.41) is 33.2. The van der Waals surface area contributed by atoms with Crippen molar-refractivity contribution in [3.63, 3.8) is 0 Å². The van der Waals surface area contributed by atoms with Crippen LogP contribution in [0.25, 0.3) is 0 Å². The summed E-state index contributed by atoms with van der Waals surface area (Å²) in [5.41, 5.74) is 5.68. The second-order valence-electron chi connectivity index (χ2n) is 12.3. The van der Waals surface area contributed by atoms with Crippen LogP contribution in [0.4, 0.5) is 16.2 Å². The number of hydrogen-bond donors (Lipinski definition) is 5. The van der Waals surface area contributed by atoms with Gasteiger partial charge in [0.05, 0.1) is 48.3 Å². The first-order valence-corrected chi connectivity index (χ1v) is 17.7. The zero-order chi connectivity index (χ0) is 41.0. The molecule has 1 aliphatic rings. The Morgan fingerprint density at radius 3 is 2.33 bits per heavy atom. The van der Waals surface area contributed by atoms with Crippen molar-refractivity contribution >= 4 is 64.8 Å². The number of carboxylic acids is 2. The number of imide groups is 1. The van der Waals surface area contributed by atoms with E-state index >= 15 is 0 Å². The van der Waals surface area contributed by atoms with Gasteiger partial charge in [0.15, 0.2) is 11.5 Å². The summed E-state index contributed by atoms with van der Waals surface area (Å²) in [7, 11) is 2.67. The number of benzene rings is 2. The number of nitrogens with one attached hydrogen (secondary N) is 2. The first kappa shape index (κ1) is 43.4. The molecule has 3 atom stereocenters. The van der Waals surface area contributed by atoms with Gasteiger partial charge in [-0.05, 0) is 38.0 Å². The van der Waals surface area contributed by atoms with E-state index in [1.165, 1.54) is 31.3 Å². The number of para-hydroxylation sites is 1. The van der Waals surface area contributed by atoms with Crippen LogP contribution < -0.4 is 30.7 Å². The summed E-state index contributed by atoms with van der Waals surface area (Å²) < 4.78 is 15.9. The number of nitro benzene ring substituents is 1. The van der Waals surface area contributed by atoms with Crippen molar-refractivity contribution in [1.29, 1.82) is 0 Å². The number of hydrogen-bond acceptors (Lipinski definition) is 14. The Hall–Kier alpha value is -5.96. The van der Waals surface area contributed by atoms with E-state index in [2.05, 4.69) is 10.6 Å². The number of nitrogens with zero attached hydrogens (tertiary/aromatic N) is 3. The van der Waals surface area contributed by atoms with E-state index in [9.17, 15) is 43.7 Å².